The minimum Gasteiger partial charge on any atom is -0.435 e. The molecule has 0 fully saturated rings. The van der Waals surface area contributed by atoms with Gasteiger partial charge in [0.1, 0.15) is 15.8 Å². The standard InChI is InChI=1S/C11H7Cl2N3OS/c12-6-2-1-3-7(8(6)13)17-11-9(10(14)18)15-4-5-16-11/h1-5H,(H2,14,18). The second-order valence-corrected chi connectivity index (χ2v) is 4.45. The van der Waals surface area contributed by atoms with E-state index in [1.54, 1.807) is 18.2 Å². The predicted molar refractivity (Wildman–Crippen MR) is 74.5 cm³/mol. The van der Waals surface area contributed by atoms with Crippen molar-refractivity contribution >= 4 is 40.4 Å². The second kappa shape index (κ2) is 5.48. The molecule has 0 aliphatic heterocycles. The van der Waals surface area contributed by atoms with Crippen molar-refractivity contribution in [2.24, 2.45) is 5.73 Å². The fourth-order valence-electron chi connectivity index (χ4n) is 1.24. The predicted octanol–water partition coefficient (Wildman–Crippen LogP) is 3.21. The summed E-state index contributed by atoms with van der Waals surface area (Å²) >= 11 is 16.8. The summed E-state index contributed by atoms with van der Waals surface area (Å²) in [5.41, 5.74) is 5.82. The van der Waals surface area contributed by atoms with Gasteiger partial charge in [-0.3, -0.25) is 0 Å². The van der Waals surface area contributed by atoms with E-state index in [-0.39, 0.29) is 10.9 Å². The van der Waals surface area contributed by atoms with E-state index in [0.717, 1.165) is 0 Å². The SMILES string of the molecule is NC(=S)c1nccnc1Oc1cccc(Cl)c1Cl. The Hall–Kier alpha value is -1.43. The van der Waals surface area contributed by atoms with Crippen LogP contribution in [0.15, 0.2) is 30.6 Å². The van der Waals surface area contributed by atoms with Gasteiger partial charge in [0.2, 0.25) is 5.88 Å². The number of rotatable bonds is 3. The number of benzene rings is 1. The molecule has 0 saturated heterocycles. The summed E-state index contributed by atoms with van der Waals surface area (Å²) in [6, 6.07) is 5.02. The zero-order chi connectivity index (χ0) is 13.1. The second-order valence-electron chi connectivity index (χ2n) is 3.23. The molecule has 2 rings (SSSR count). The molecule has 7 heteroatoms. The fraction of sp³-hybridized carbons (Fsp3) is 0. The first-order valence-electron chi connectivity index (χ1n) is 4.82. The number of nitrogens with two attached hydrogens (primary N) is 1. The van der Waals surface area contributed by atoms with Crippen LogP contribution >= 0.6 is 35.4 Å². The van der Waals surface area contributed by atoms with Crippen LogP contribution in [0, 0.1) is 0 Å². The maximum atomic E-state index is 6.01. The third kappa shape index (κ3) is 2.69. The summed E-state index contributed by atoms with van der Waals surface area (Å²) in [4.78, 5) is 8.10. The average molecular weight is 300 g/mol. The monoisotopic (exact) mass is 299 g/mol. The largest absolute Gasteiger partial charge is 0.435 e. The summed E-state index contributed by atoms with van der Waals surface area (Å²) in [6.07, 6.45) is 2.94. The minimum atomic E-state index is 0.0938. The summed E-state index contributed by atoms with van der Waals surface area (Å²) in [6.45, 7) is 0. The van der Waals surface area contributed by atoms with Gasteiger partial charge in [0, 0.05) is 12.4 Å². The third-order valence-electron chi connectivity index (χ3n) is 2.02. The van der Waals surface area contributed by atoms with Crippen LogP contribution < -0.4 is 10.5 Å². The average Bonchev–Trinajstić information content (AvgIpc) is 2.35. The lowest BCUT2D eigenvalue weighted by molar-refractivity contribution is 0.459. The van der Waals surface area contributed by atoms with E-state index in [4.69, 9.17) is 45.9 Å². The van der Waals surface area contributed by atoms with E-state index in [9.17, 15) is 0 Å². The number of ether oxygens (including phenoxy) is 1. The Morgan fingerprint density at radius 1 is 1.22 bits per heavy atom. The molecule has 1 aromatic carbocycles. The molecule has 0 spiro atoms. The maximum absolute atomic E-state index is 6.01. The van der Waals surface area contributed by atoms with Crippen molar-refractivity contribution in [1.29, 1.82) is 0 Å². The van der Waals surface area contributed by atoms with Crippen molar-refractivity contribution in [3.63, 3.8) is 0 Å². The van der Waals surface area contributed by atoms with Crippen molar-refractivity contribution in [3.05, 3.63) is 46.3 Å². The summed E-state index contributed by atoms with van der Waals surface area (Å²) < 4.78 is 5.52. The lowest BCUT2D eigenvalue weighted by Gasteiger charge is -2.09. The highest BCUT2D eigenvalue weighted by molar-refractivity contribution is 7.80. The molecule has 0 radical (unpaired) electrons. The van der Waals surface area contributed by atoms with Gasteiger partial charge >= 0.3 is 0 Å². The van der Waals surface area contributed by atoms with E-state index in [1.165, 1.54) is 12.4 Å². The van der Waals surface area contributed by atoms with Crippen LogP contribution in [0.4, 0.5) is 0 Å². The van der Waals surface area contributed by atoms with Gasteiger partial charge < -0.3 is 10.5 Å². The lowest BCUT2D eigenvalue weighted by atomic mass is 10.3. The van der Waals surface area contributed by atoms with Gasteiger partial charge in [0.05, 0.1) is 5.02 Å². The van der Waals surface area contributed by atoms with Crippen molar-refractivity contribution in [1.82, 2.24) is 9.97 Å². The molecule has 2 aromatic rings. The zero-order valence-corrected chi connectivity index (χ0v) is 11.3. The molecule has 1 heterocycles. The zero-order valence-electron chi connectivity index (χ0n) is 8.93. The molecular formula is C11H7Cl2N3OS. The first-order valence-corrected chi connectivity index (χ1v) is 5.98. The molecular weight excluding hydrogens is 293 g/mol. The molecule has 0 atom stereocenters. The molecule has 18 heavy (non-hydrogen) atoms. The number of aromatic nitrogens is 2. The van der Waals surface area contributed by atoms with Gasteiger partial charge in [-0.1, -0.05) is 41.5 Å². The minimum absolute atomic E-state index is 0.0938. The highest BCUT2D eigenvalue weighted by atomic mass is 35.5. The van der Waals surface area contributed by atoms with Crippen LogP contribution in [0.3, 0.4) is 0 Å². The fourth-order valence-corrected chi connectivity index (χ4v) is 1.71. The molecule has 0 saturated carbocycles. The number of thiocarbonyl (C=S) groups is 1. The summed E-state index contributed by atoms with van der Waals surface area (Å²) in [7, 11) is 0. The third-order valence-corrected chi connectivity index (χ3v) is 3.02. The molecule has 2 N–H and O–H groups in total. The van der Waals surface area contributed by atoms with Crippen LogP contribution in [0.5, 0.6) is 11.6 Å². The Morgan fingerprint density at radius 3 is 2.67 bits per heavy atom. The van der Waals surface area contributed by atoms with Crippen LogP contribution in [-0.4, -0.2) is 15.0 Å². The van der Waals surface area contributed by atoms with Crippen LogP contribution in [0.1, 0.15) is 5.69 Å². The topological polar surface area (TPSA) is 61.0 Å². The quantitative estimate of drug-likeness (QED) is 0.882. The van der Waals surface area contributed by atoms with E-state index >= 15 is 0 Å². The lowest BCUT2D eigenvalue weighted by Crippen LogP contribution is -2.13. The van der Waals surface area contributed by atoms with Crippen molar-refractivity contribution in [2.75, 3.05) is 0 Å². The molecule has 0 aliphatic rings. The summed E-state index contributed by atoms with van der Waals surface area (Å²) in [5, 5.41) is 0.675. The highest BCUT2D eigenvalue weighted by Gasteiger charge is 2.13. The Kier molecular flexibility index (Phi) is 3.96. The number of nitrogens with zero attached hydrogens (tertiary/aromatic N) is 2. The van der Waals surface area contributed by atoms with E-state index in [2.05, 4.69) is 9.97 Å². The van der Waals surface area contributed by atoms with Crippen molar-refractivity contribution in [2.45, 2.75) is 0 Å². The van der Waals surface area contributed by atoms with Crippen molar-refractivity contribution in [3.8, 4) is 11.6 Å². The molecule has 0 bridgehead atoms. The van der Waals surface area contributed by atoms with Crippen LogP contribution in [0.25, 0.3) is 0 Å². The molecule has 92 valence electrons. The molecule has 0 amide bonds. The maximum Gasteiger partial charge on any atom is 0.248 e. The van der Waals surface area contributed by atoms with Gasteiger partial charge in [0.15, 0.2) is 5.69 Å². The molecule has 1 aromatic heterocycles. The highest BCUT2D eigenvalue weighted by Crippen LogP contribution is 2.34. The Bertz CT molecular complexity index is 607. The smallest absolute Gasteiger partial charge is 0.248 e. The number of hydrogen-bond donors (Lipinski definition) is 1. The van der Waals surface area contributed by atoms with Crippen LogP contribution in [0.2, 0.25) is 10.0 Å². The van der Waals surface area contributed by atoms with Gasteiger partial charge in [-0.2, -0.15) is 0 Å². The van der Waals surface area contributed by atoms with Gasteiger partial charge in [0.25, 0.3) is 0 Å². The first kappa shape index (κ1) is 13.0. The molecule has 0 unspecified atom stereocenters. The molecule has 4 nitrogen and oxygen atoms in total. The van der Waals surface area contributed by atoms with Gasteiger partial charge in [-0.15, -0.1) is 0 Å². The Morgan fingerprint density at radius 2 is 1.94 bits per heavy atom. The van der Waals surface area contributed by atoms with E-state index in [0.29, 0.717) is 21.5 Å². The van der Waals surface area contributed by atoms with E-state index in [1.807, 2.05) is 0 Å². The first-order chi connectivity index (χ1) is 8.59. The van der Waals surface area contributed by atoms with E-state index < -0.39 is 0 Å². The molecule has 0 aliphatic carbocycles. The number of hydrogen-bond acceptors (Lipinski definition) is 4. The van der Waals surface area contributed by atoms with Gasteiger partial charge in [-0.05, 0) is 12.1 Å². The number of halogens is 2. The Labute approximate surface area is 119 Å². The Balaban J connectivity index is 2.40. The van der Waals surface area contributed by atoms with Crippen molar-refractivity contribution < 1.29 is 4.74 Å². The summed E-state index contributed by atoms with van der Waals surface area (Å²) in [5.74, 6) is 0.552. The normalized spacial score (nSPS) is 10.1. The van der Waals surface area contributed by atoms with Crippen LogP contribution in [-0.2, 0) is 0 Å². The van der Waals surface area contributed by atoms with Gasteiger partial charge in [-0.25, -0.2) is 9.97 Å².